The van der Waals surface area contributed by atoms with Crippen LogP contribution in [0.15, 0.2) is 12.7 Å². The topological polar surface area (TPSA) is 50.9 Å². The molecule has 58 valence electrons. The van der Waals surface area contributed by atoms with E-state index >= 15 is 0 Å². The summed E-state index contributed by atoms with van der Waals surface area (Å²) in [5, 5.41) is 17.3. The average molecular weight is 151 g/mol. The number of nitrogens with zero attached hydrogens (tertiary/aromatic N) is 3. The summed E-state index contributed by atoms with van der Waals surface area (Å²) >= 11 is 0. The van der Waals surface area contributed by atoms with Crippen molar-refractivity contribution in [2.75, 3.05) is 0 Å². The molecular formula is C7H9N3O. The van der Waals surface area contributed by atoms with E-state index in [1.165, 1.54) is 0 Å². The van der Waals surface area contributed by atoms with E-state index in [2.05, 4.69) is 16.9 Å². The molecule has 1 aromatic rings. The first-order valence-corrected chi connectivity index (χ1v) is 3.19. The Morgan fingerprint density at radius 2 is 2.36 bits per heavy atom. The minimum atomic E-state index is 0.574. The van der Waals surface area contributed by atoms with Crippen molar-refractivity contribution in [1.82, 2.24) is 15.2 Å². The van der Waals surface area contributed by atoms with Gasteiger partial charge in [-0.05, 0) is 18.2 Å². The maximum atomic E-state index is 9.02. The molecule has 0 radical (unpaired) electrons. The van der Waals surface area contributed by atoms with Gasteiger partial charge in [0.2, 0.25) is 0 Å². The molecule has 0 fully saturated rings. The van der Waals surface area contributed by atoms with E-state index in [-0.39, 0.29) is 0 Å². The fraction of sp³-hybridized carbons (Fsp3) is 0.143. The smallest absolute Gasteiger partial charge is 0.126 e. The Bertz CT molecular complexity index is 364. The van der Waals surface area contributed by atoms with Crippen LogP contribution in [0.25, 0.3) is 12.2 Å². The minimum absolute atomic E-state index is 0.574. The molecule has 0 saturated heterocycles. The standard InChI is InChI=1S/C7H9N3O/c1-3-5-6-7(4-2)10(11)9-8-6/h3-5,11H,1H2,2H3. The van der Waals surface area contributed by atoms with E-state index in [1.54, 1.807) is 25.2 Å². The van der Waals surface area contributed by atoms with Gasteiger partial charge in [0.1, 0.15) is 10.7 Å². The second kappa shape index (κ2) is 3.01. The van der Waals surface area contributed by atoms with Gasteiger partial charge in [-0.1, -0.05) is 23.6 Å². The third-order valence-corrected chi connectivity index (χ3v) is 1.26. The average Bonchev–Trinajstić information content (AvgIpc) is 2.33. The maximum Gasteiger partial charge on any atom is 0.126 e. The number of allylic oxidation sites excluding steroid dienone is 1. The molecule has 0 spiro atoms. The van der Waals surface area contributed by atoms with E-state index in [0.717, 1.165) is 4.85 Å². The predicted octanol–water partition coefficient (Wildman–Crippen LogP) is -0.718. The summed E-state index contributed by atoms with van der Waals surface area (Å²) in [4.78, 5) is 0.731. The quantitative estimate of drug-likeness (QED) is 0.539. The number of hydrogen-bond acceptors (Lipinski definition) is 3. The lowest BCUT2D eigenvalue weighted by Crippen LogP contribution is -2.28. The Morgan fingerprint density at radius 3 is 2.91 bits per heavy atom. The van der Waals surface area contributed by atoms with Gasteiger partial charge in [0, 0.05) is 0 Å². The zero-order valence-electron chi connectivity index (χ0n) is 6.23. The van der Waals surface area contributed by atoms with Crippen molar-refractivity contribution >= 4 is 12.2 Å². The van der Waals surface area contributed by atoms with Gasteiger partial charge in [0.05, 0.1) is 0 Å². The van der Waals surface area contributed by atoms with Gasteiger partial charge >= 0.3 is 0 Å². The number of aromatic nitrogens is 3. The summed E-state index contributed by atoms with van der Waals surface area (Å²) in [6, 6.07) is 0. The molecule has 11 heavy (non-hydrogen) atoms. The van der Waals surface area contributed by atoms with Crippen LogP contribution in [0.1, 0.15) is 6.92 Å². The van der Waals surface area contributed by atoms with Crippen LogP contribution in [0, 0.1) is 0 Å². The van der Waals surface area contributed by atoms with Crippen molar-refractivity contribution in [1.29, 1.82) is 0 Å². The normalized spacial score (nSPS) is 13.9. The van der Waals surface area contributed by atoms with Gasteiger partial charge in [-0.15, -0.1) is 5.10 Å². The highest BCUT2D eigenvalue weighted by Crippen LogP contribution is 1.62. The molecular weight excluding hydrogens is 142 g/mol. The predicted molar refractivity (Wildman–Crippen MR) is 41.3 cm³/mol. The van der Waals surface area contributed by atoms with E-state index in [0.29, 0.717) is 10.7 Å². The van der Waals surface area contributed by atoms with Crippen LogP contribution in [-0.4, -0.2) is 20.4 Å². The van der Waals surface area contributed by atoms with Crippen LogP contribution in [0.2, 0.25) is 0 Å². The first kappa shape index (κ1) is 7.53. The molecule has 0 atom stereocenters. The third kappa shape index (κ3) is 1.29. The molecule has 0 aromatic carbocycles. The highest BCUT2D eigenvalue weighted by molar-refractivity contribution is 5.33. The summed E-state index contributed by atoms with van der Waals surface area (Å²) in [6.45, 7) is 5.31. The summed E-state index contributed by atoms with van der Waals surface area (Å²) < 4.78 is 0. The SMILES string of the molecule is C=CC=c1nnn(O)c1=CC. The fourth-order valence-electron chi connectivity index (χ4n) is 0.786. The van der Waals surface area contributed by atoms with Gasteiger partial charge in [-0.2, -0.15) is 0 Å². The summed E-state index contributed by atoms with van der Waals surface area (Å²) in [7, 11) is 0. The van der Waals surface area contributed by atoms with Crippen LogP contribution in [0.3, 0.4) is 0 Å². The van der Waals surface area contributed by atoms with Crippen molar-refractivity contribution < 1.29 is 5.21 Å². The van der Waals surface area contributed by atoms with Crippen molar-refractivity contribution in [2.45, 2.75) is 6.92 Å². The van der Waals surface area contributed by atoms with Crippen LogP contribution < -0.4 is 10.7 Å². The van der Waals surface area contributed by atoms with Gasteiger partial charge < -0.3 is 5.21 Å². The Morgan fingerprint density at radius 1 is 1.64 bits per heavy atom. The lowest BCUT2D eigenvalue weighted by molar-refractivity contribution is 0.135. The Balaban J connectivity index is 3.52. The zero-order chi connectivity index (χ0) is 8.27. The molecule has 0 saturated carbocycles. The summed E-state index contributed by atoms with van der Waals surface area (Å²) in [5.41, 5.74) is 0. The van der Waals surface area contributed by atoms with Gasteiger partial charge in [0.25, 0.3) is 0 Å². The van der Waals surface area contributed by atoms with E-state index in [4.69, 9.17) is 5.21 Å². The van der Waals surface area contributed by atoms with Crippen molar-refractivity contribution in [3.63, 3.8) is 0 Å². The van der Waals surface area contributed by atoms with E-state index < -0.39 is 0 Å². The molecule has 1 rings (SSSR count). The highest BCUT2D eigenvalue weighted by atomic mass is 16.5. The van der Waals surface area contributed by atoms with Crippen LogP contribution in [0.5, 0.6) is 0 Å². The van der Waals surface area contributed by atoms with Crippen molar-refractivity contribution in [3.05, 3.63) is 23.4 Å². The Kier molecular flexibility index (Phi) is 2.06. The molecule has 0 aliphatic rings. The molecule has 0 aliphatic carbocycles. The van der Waals surface area contributed by atoms with Crippen molar-refractivity contribution in [3.8, 4) is 0 Å². The van der Waals surface area contributed by atoms with Gasteiger partial charge in [0.15, 0.2) is 0 Å². The maximum absolute atomic E-state index is 9.02. The lowest BCUT2D eigenvalue weighted by atomic mass is 10.4. The third-order valence-electron chi connectivity index (χ3n) is 1.26. The first-order valence-electron chi connectivity index (χ1n) is 3.19. The fourth-order valence-corrected chi connectivity index (χ4v) is 0.786. The number of hydrogen-bond donors (Lipinski definition) is 1. The summed E-state index contributed by atoms with van der Waals surface area (Å²) in [5.74, 6) is 0. The second-order valence-electron chi connectivity index (χ2n) is 1.94. The molecule has 0 bridgehead atoms. The lowest BCUT2D eigenvalue weighted by Gasteiger charge is -1.81. The molecule has 4 nitrogen and oxygen atoms in total. The minimum Gasteiger partial charge on any atom is -0.410 e. The largest absolute Gasteiger partial charge is 0.410 e. The highest BCUT2D eigenvalue weighted by Gasteiger charge is 1.92. The second-order valence-corrected chi connectivity index (χ2v) is 1.94. The molecule has 0 amide bonds. The number of rotatable bonds is 1. The first-order chi connectivity index (χ1) is 5.29. The molecule has 1 N–H and O–H groups in total. The van der Waals surface area contributed by atoms with Crippen LogP contribution >= 0.6 is 0 Å². The summed E-state index contributed by atoms with van der Waals surface area (Å²) in [6.07, 6.45) is 4.99. The van der Waals surface area contributed by atoms with E-state index in [1.807, 2.05) is 0 Å². The van der Waals surface area contributed by atoms with Crippen LogP contribution in [-0.2, 0) is 0 Å². The molecule has 0 unspecified atom stereocenters. The van der Waals surface area contributed by atoms with Gasteiger partial charge in [-0.3, -0.25) is 0 Å². The Labute approximate surface area is 63.7 Å². The van der Waals surface area contributed by atoms with Crippen molar-refractivity contribution in [2.24, 2.45) is 0 Å². The molecule has 0 aliphatic heterocycles. The Hall–Kier alpha value is -1.58. The zero-order valence-corrected chi connectivity index (χ0v) is 6.23. The molecule has 1 heterocycles. The molecule has 4 heteroatoms. The van der Waals surface area contributed by atoms with E-state index in [9.17, 15) is 0 Å². The van der Waals surface area contributed by atoms with Gasteiger partial charge in [-0.25, -0.2) is 0 Å². The monoisotopic (exact) mass is 151 g/mol. The van der Waals surface area contributed by atoms with Crippen LogP contribution in [0.4, 0.5) is 0 Å². The molecule has 1 aromatic heterocycles.